The van der Waals surface area contributed by atoms with Crippen LogP contribution in [0.5, 0.6) is 0 Å². The number of thioether (sulfide) groups is 1. The minimum atomic E-state index is -0.395. The van der Waals surface area contributed by atoms with Gasteiger partial charge in [-0.05, 0) is 43.2 Å². The van der Waals surface area contributed by atoms with Crippen LogP contribution in [0.2, 0.25) is 0 Å². The van der Waals surface area contributed by atoms with Crippen LogP contribution >= 0.6 is 23.1 Å². The topological polar surface area (TPSA) is 92.7 Å². The third-order valence-electron chi connectivity index (χ3n) is 4.74. The standard InChI is InChI=1S/C22H23N5O2S2/c1-3-12-27-21(29)25-26-22(27)30-14(2)20(28)23-16-10-8-15(9-11-16)13-19-24-17-6-4-5-7-18(17)31-19/h4-11,14H,3,12-13H2,1-2H3,(H,23,28)(H,25,29)/t14-/m0/s1. The number of para-hydroxylation sites is 1. The van der Waals surface area contributed by atoms with Gasteiger partial charge in [-0.3, -0.25) is 9.36 Å². The Hall–Kier alpha value is -2.91. The van der Waals surface area contributed by atoms with Crippen molar-refractivity contribution in [2.45, 2.75) is 43.6 Å². The molecule has 2 N–H and O–H groups in total. The van der Waals surface area contributed by atoms with E-state index in [9.17, 15) is 9.59 Å². The molecule has 4 aromatic rings. The first kappa shape index (κ1) is 21.3. The molecule has 0 aliphatic carbocycles. The molecule has 4 rings (SSSR count). The molecular formula is C22H23N5O2S2. The van der Waals surface area contributed by atoms with E-state index in [4.69, 9.17) is 0 Å². The van der Waals surface area contributed by atoms with Gasteiger partial charge in [-0.2, -0.15) is 0 Å². The second-order valence-corrected chi connectivity index (χ2v) is 9.58. The van der Waals surface area contributed by atoms with Crippen molar-refractivity contribution in [2.75, 3.05) is 5.32 Å². The molecule has 9 heteroatoms. The summed E-state index contributed by atoms with van der Waals surface area (Å²) in [6.45, 7) is 4.36. The third-order valence-corrected chi connectivity index (χ3v) is 6.86. The SMILES string of the molecule is CCCn1c(S[C@@H](C)C(=O)Nc2ccc(Cc3nc4ccccc4s3)cc2)n[nH]c1=O. The minimum Gasteiger partial charge on any atom is -0.325 e. The number of fused-ring (bicyclic) bond motifs is 1. The fourth-order valence-electron chi connectivity index (χ4n) is 3.15. The van der Waals surface area contributed by atoms with Crippen molar-refractivity contribution in [1.82, 2.24) is 19.7 Å². The second kappa shape index (κ2) is 9.49. The number of thiazole rings is 1. The number of anilines is 1. The van der Waals surface area contributed by atoms with E-state index < -0.39 is 5.25 Å². The van der Waals surface area contributed by atoms with Gasteiger partial charge in [-0.25, -0.2) is 14.9 Å². The van der Waals surface area contributed by atoms with Crippen LogP contribution in [0.4, 0.5) is 5.69 Å². The van der Waals surface area contributed by atoms with Gasteiger partial charge in [-0.1, -0.05) is 43.0 Å². The third kappa shape index (κ3) is 5.05. The molecule has 0 saturated carbocycles. The first-order chi connectivity index (χ1) is 15.0. The zero-order valence-corrected chi connectivity index (χ0v) is 18.9. The molecule has 0 aliphatic heterocycles. The summed E-state index contributed by atoms with van der Waals surface area (Å²) in [7, 11) is 0. The molecule has 2 heterocycles. The Kier molecular flexibility index (Phi) is 6.53. The summed E-state index contributed by atoms with van der Waals surface area (Å²) >= 11 is 2.97. The Balaban J connectivity index is 1.36. The molecular weight excluding hydrogens is 430 g/mol. The highest BCUT2D eigenvalue weighted by Crippen LogP contribution is 2.25. The Morgan fingerprint density at radius 2 is 2.00 bits per heavy atom. The summed E-state index contributed by atoms with van der Waals surface area (Å²) in [5.41, 5.74) is 2.65. The van der Waals surface area contributed by atoms with E-state index in [-0.39, 0.29) is 11.6 Å². The predicted molar refractivity (Wildman–Crippen MR) is 126 cm³/mol. The van der Waals surface area contributed by atoms with Crippen LogP contribution in [0.25, 0.3) is 10.2 Å². The molecule has 7 nitrogen and oxygen atoms in total. The average molecular weight is 454 g/mol. The largest absolute Gasteiger partial charge is 0.343 e. The highest BCUT2D eigenvalue weighted by molar-refractivity contribution is 8.00. The van der Waals surface area contributed by atoms with E-state index in [0.29, 0.717) is 11.7 Å². The molecule has 0 unspecified atom stereocenters. The summed E-state index contributed by atoms with van der Waals surface area (Å²) in [4.78, 5) is 29.1. The van der Waals surface area contributed by atoms with Crippen molar-refractivity contribution in [3.63, 3.8) is 0 Å². The number of hydrogen-bond acceptors (Lipinski definition) is 6. The van der Waals surface area contributed by atoms with E-state index in [1.165, 1.54) is 16.5 Å². The fraction of sp³-hybridized carbons (Fsp3) is 0.273. The lowest BCUT2D eigenvalue weighted by atomic mass is 10.1. The summed E-state index contributed by atoms with van der Waals surface area (Å²) in [5.74, 6) is -0.137. The summed E-state index contributed by atoms with van der Waals surface area (Å²) in [5, 5.41) is 10.6. The van der Waals surface area contributed by atoms with Gasteiger partial charge in [0.15, 0.2) is 5.16 Å². The van der Waals surface area contributed by atoms with E-state index in [2.05, 4.69) is 26.6 Å². The number of H-pyrrole nitrogens is 1. The van der Waals surface area contributed by atoms with Crippen LogP contribution in [-0.4, -0.2) is 30.9 Å². The van der Waals surface area contributed by atoms with Gasteiger partial charge < -0.3 is 5.32 Å². The zero-order valence-electron chi connectivity index (χ0n) is 17.3. The highest BCUT2D eigenvalue weighted by Gasteiger charge is 2.19. The van der Waals surface area contributed by atoms with Crippen LogP contribution in [-0.2, 0) is 17.8 Å². The fourth-order valence-corrected chi connectivity index (χ4v) is 5.03. The van der Waals surface area contributed by atoms with E-state index in [1.807, 2.05) is 49.4 Å². The second-order valence-electron chi connectivity index (χ2n) is 7.16. The van der Waals surface area contributed by atoms with Crippen LogP contribution < -0.4 is 11.0 Å². The van der Waals surface area contributed by atoms with Crippen molar-refractivity contribution >= 4 is 44.9 Å². The summed E-state index contributed by atoms with van der Waals surface area (Å²) in [6.07, 6.45) is 1.57. The molecule has 160 valence electrons. The molecule has 2 aromatic carbocycles. The number of carbonyl (C=O) groups excluding carboxylic acids is 1. The molecule has 0 fully saturated rings. The van der Waals surface area contributed by atoms with Crippen LogP contribution in [0.1, 0.15) is 30.8 Å². The first-order valence-electron chi connectivity index (χ1n) is 10.1. The Morgan fingerprint density at radius 1 is 1.23 bits per heavy atom. The number of rotatable bonds is 8. The van der Waals surface area contributed by atoms with Gasteiger partial charge in [0.25, 0.3) is 0 Å². The lowest BCUT2D eigenvalue weighted by Gasteiger charge is -2.12. The summed E-state index contributed by atoms with van der Waals surface area (Å²) in [6, 6.07) is 15.9. The quantitative estimate of drug-likeness (QED) is 0.388. The molecule has 1 atom stereocenters. The summed E-state index contributed by atoms with van der Waals surface area (Å²) < 4.78 is 2.75. The number of hydrogen-bond donors (Lipinski definition) is 2. The number of nitrogens with one attached hydrogen (secondary N) is 2. The maximum absolute atomic E-state index is 12.6. The number of aromatic nitrogens is 4. The number of nitrogens with zero attached hydrogens (tertiary/aromatic N) is 3. The number of amides is 1. The van der Waals surface area contributed by atoms with E-state index in [0.717, 1.165) is 34.6 Å². The Labute approximate surface area is 187 Å². The number of benzene rings is 2. The molecule has 0 spiro atoms. The zero-order chi connectivity index (χ0) is 21.8. The monoisotopic (exact) mass is 453 g/mol. The molecule has 0 radical (unpaired) electrons. The van der Waals surface area contributed by atoms with Crippen molar-refractivity contribution < 1.29 is 4.79 Å². The lowest BCUT2D eigenvalue weighted by Crippen LogP contribution is -2.24. The van der Waals surface area contributed by atoms with Gasteiger partial charge in [0.2, 0.25) is 5.91 Å². The van der Waals surface area contributed by atoms with E-state index >= 15 is 0 Å². The Bertz CT molecular complexity index is 1210. The first-order valence-corrected chi connectivity index (χ1v) is 11.8. The minimum absolute atomic E-state index is 0.137. The average Bonchev–Trinajstić information content (AvgIpc) is 3.33. The molecule has 1 amide bonds. The molecule has 0 bridgehead atoms. The molecule has 2 aromatic heterocycles. The lowest BCUT2D eigenvalue weighted by molar-refractivity contribution is -0.115. The van der Waals surface area contributed by atoms with Crippen molar-refractivity contribution in [3.8, 4) is 0 Å². The van der Waals surface area contributed by atoms with Gasteiger partial charge >= 0.3 is 5.69 Å². The Morgan fingerprint density at radius 3 is 2.74 bits per heavy atom. The molecule has 0 aliphatic rings. The maximum atomic E-state index is 12.6. The predicted octanol–water partition coefficient (Wildman–Crippen LogP) is 4.30. The van der Waals surface area contributed by atoms with Gasteiger partial charge in [0.05, 0.1) is 20.5 Å². The number of carbonyl (C=O) groups is 1. The van der Waals surface area contributed by atoms with E-state index in [1.54, 1.807) is 22.8 Å². The molecule has 31 heavy (non-hydrogen) atoms. The van der Waals surface area contributed by atoms with Crippen molar-refractivity contribution in [1.29, 1.82) is 0 Å². The van der Waals surface area contributed by atoms with Gasteiger partial charge in [-0.15, -0.1) is 16.4 Å². The van der Waals surface area contributed by atoms with Crippen molar-refractivity contribution in [3.05, 3.63) is 69.6 Å². The normalized spacial score (nSPS) is 12.2. The number of aromatic amines is 1. The van der Waals surface area contributed by atoms with Crippen LogP contribution in [0.3, 0.4) is 0 Å². The van der Waals surface area contributed by atoms with Gasteiger partial charge in [0.1, 0.15) is 0 Å². The van der Waals surface area contributed by atoms with Crippen LogP contribution in [0.15, 0.2) is 58.5 Å². The van der Waals surface area contributed by atoms with Crippen molar-refractivity contribution in [2.24, 2.45) is 0 Å². The van der Waals surface area contributed by atoms with Crippen LogP contribution in [0, 0.1) is 0 Å². The maximum Gasteiger partial charge on any atom is 0.343 e. The van der Waals surface area contributed by atoms with Gasteiger partial charge in [0, 0.05) is 18.7 Å². The molecule has 0 saturated heterocycles. The smallest absolute Gasteiger partial charge is 0.325 e. The highest BCUT2D eigenvalue weighted by atomic mass is 32.2.